The molecule has 0 saturated carbocycles. The number of halogens is 3. The summed E-state index contributed by atoms with van der Waals surface area (Å²) in [6, 6.07) is 7.99. The number of hydrogen-bond acceptors (Lipinski definition) is 2. The lowest BCUT2D eigenvalue weighted by Gasteiger charge is -2.08. The summed E-state index contributed by atoms with van der Waals surface area (Å²) in [5, 5.41) is 3.26. The topological polar surface area (TPSA) is 21.3 Å². The Bertz CT molecular complexity index is 362. The molecule has 0 heterocycles. The zero-order valence-corrected chi connectivity index (χ0v) is 11.8. The molecule has 0 bridgehead atoms. The van der Waals surface area contributed by atoms with Gasteiger partial charge < -0.3 is 10.1 Å². The van der Waals surface area contributed by atoms with Crippen molar-refractivity contribution in [1.29, 1.82) is 0 Å². The third-order valence-electron chi connectivity index (χ3n) is 2.88. The second kappa shape index (κ2) is 8.97. The van der Waals surface area contributed by atoms with Gasteiger partial charge in [-0.3, -0.25) is 0 Å². The minimum absolute atomic E-state index is 0.0181. The van der Waals surface area contributed by atoms with E-state index in [0.29, 0.717) is 6.61 Å². The number of likely N-dealkylation sites (N-methyl/N-ethyl adjacent to an activating group) is 1. The first kappa shape index (κ1) is 17.0. The van der Waals surface area contributed by atoms with E-state index in [1.165, 1.54) is 5.56 Å². The minimum Gasteiger partial charge on any atom is -0.377 e. The van der Waals surface area contributed by atoms with Gasteiger partial charge >= 0.3 is 6.18 Å². The normalized spacial score (nSPS) is 11.8. The minimum atomic E-state index is -4.09. The molecule has 5 heteroatoms. The highest BCUT2D eigenvalue weighted by molar-refractivity contribution is 5.22. The van der Waals surface area contributed by atoms with Gasteiger partial charge in [0.05, 0.1) is 6.61 Å². The highest BCUT2D eigenvalue weighted by Crippen LogP contribution is 2.21. The second-order valence-electron chi connectivity index (χ2n) is 4.69. The van der Waals surface area contributed by atoms with Crippen LogP contribution in [0.25, 0.3) is 0 Å². The van der Waals surface area contributed by atoms with Gasteiger partial charge in [0, 0.05) is 13.0 Å². The number of rotatable bonds is 9. The highest BCUT2D eigenvalue weighted by atomic mass is 19.4. The summed E-state index contributed by atoms with van der Waals surface area (Å²) in [4.78, 5) is 0. The molecule has 0 unspecified atom stereocenters. The smallest absolute Gasteiger partial charge is 0.377 e. The number of alkyl halides is 3. The lowest BCUT2D eigenvalue weighted by atomic mass is 10.1. The van der Waals surface area contributed by atoms with Gasteiger partial charge in [-0.05, 0) is 37.1 Å². The molecule has 2 nitrogen and oxygen atoms in total. The average Bonchev–Trinajstić information content (AvgIpc) is 2.39. The number of ether oxygens (including phenoxy) is 1. The molecule has 1 rings (SSSR count). The van der Waals surface area contributed by atoms with E-state index in [9.17, 15) is 13.2 Å². The molecule has 0 aliphatic heterocycles. The molecule has 0 aromatic heterocycles. The van der Waals surface area contributed by atoms with Crippen molar-refractivity contribution in [2.45, 2.75) is 39.0 Å². The molecule has 1 aromatic rings. The first-order valence-electron chi connectivity index (χ1n) is 6.94. The molecular formula is C15H22F3NO. The van der Waals surface area contributed by atoms with Crippen LogP contribution in [0.3, 0.4) is 0 Å². The number of nitrogens with one attached hydrogen (secondary N) is 1. The van der Waals surface area contributed by atoms with Crippen molar-refractivity contribution in [1.82, 2.24) is 5.32 Å². The van der Waals surface area contributed by atoms with Gasteiger partial charge in [0.2, 0.25) is 0 Å². The fraction of sp³-hybridized carbons (Fsp3) is 0.600. The van der Waals surface area contributed by atoms with Crippen molar-refractivity contribution in [3.8, 4) is 0 Å². The fourth-order valence-corrected chi connectivity index (χ4v) is 1.78. The van der Waals surface area contributed by atoms with Crippen molar-refractivity contribution < 1.29 is 17.9 Å². The maximum absolute atomic E-state index is 11.9. The van der Waals surface area contributed by atoms with Gasteiger partial charge in [0.1, 0.15) is 0 Å². The molecule has 0 atom stereocenters. The largest absolute Gasteiger partial charge is 0.389 e. The Balaban J connectivity index is 2.18. The van der Waals surface area contributed by atoms with E-state index in [1.54, 1.807) is 0 Å². The van der Waals surface area contributed by atoms with E-state index in [1.807, 2.05) is 24.3 Å². The molecule has 1 aromatic carbocycles. The van der Waals surface area contributed by atoms with Crippen LogP contribution in [0.1, 0.15) is 30.9 Å². The standard InChI is InChI=1S/C15H22F3NO/c1-2-19-10-8-13-4-6-14(7-5-13)12-20-11-3-9-15(16,17)18/h4-7,19H,2-3,8-12H2,1H3. The van der Waals surface area contributed by atoms with Crippen LogP contribution in [0.5, 0.6) is 0 Å². The fourth-order valence-electron chi connectivity index (χ4n) is 1.78. The third-order valence-corrected chi connectivity index (χ3v) is 2.88. The Morgan fingerprint density at radius 1 is 1.10 bits per heavy atom. The van der Waals surface area contributed by atoms with Crippen LogP contribution >= 0.6 is 0 Å². The lowest BCUT2D eigenvalue weighted by Crippen LogP contribution is -2.15. The predicted molar refractivity (Wildman–Crippen MR) is 73.6 cm³/mol. The van der Waals surface area contributed by atoms with Crippen molar-refractivity contribution in [3.63, 3.8) is 0 Å². The summed E-state index contributed by atoms with van der Waals surface area (Å²) in [5.41, 5.74) is 2.23. The molecular weight excluding hydrogens is 267 g/mol. The van der Waals surface area contributed by atoms with Gasteiger partial charge in [0.25, 0.3) is 0 Å². The van der Waals surface area contributed by atoms with Gasteiger partial charge in [-0.15, -0.1) is 0 Å². The van der Waals surface area contributed by atoms with E-state index in [4.69, 9.17) is 4.74 Å². The van der Waals surface area contributed by atoms with E-state index in [-0.39, 0.29) is 13.0 Å². The van der Waals surface area contributed by atoms with Crippen LogP contribution in [0.4, 0.5) is 13.2 Å². The van der Waals surface area contributed by atoms with Crippen LogP contribution in [0.15, 0.2) is 24.3 Å². The Morgan fingerprint density at radius 3 is 2.35 bits per heavy atom. The summed E-state index contributed by atoms with van der Waals surface area (Å²) < 4.78 is 41.0. The van der Waals surface area contributed by atoms with E-state index in [2.05, 4.69) is 12.2 Å². The summed E-state index contributed by atoms with van der Waals surface area (Å²) >= 11 is 0. The van der Waals surface area contributed by atoms with Crippen molar-refractivity contribution >= 4 is 0 Å². The molecule has 0 saturated heterocycles. The first-order chi connectivity index (χ1) is 9.51. The van der Waals surface area contributed by atoms with Crippen LogP contribution in [0, 0.1) is 0 Å². The third kappa shape index (κ3) is 8.17. The highest BCUT2D eigenvalue weighted by Gasteiger charge is 2.25. The molecule has 114 valence electrons. The Morgan fingerprint density at radius 2 is 1.75 bits per heavy atom. The maximum atomic E-state index is 11.9. The number of hydrogen-bond donors (Lipinski definition) is 1. The Labute approximate surface area is 118 Å². The second-order valence-corrected chi connectivity index (χ2v) is 4.69. The van der Waals surface area contributed by atoms with Crippen molar-refractivity contribution in [2.24, 2.45) is 0 Å². The zero-order valence-electron chi connectivity index (χ0n) is 11.8. The summed E-state index contributed by atoms with van der Waals surface area (Å²) in [7, 11) is 0. The number of benzene rings is 1. The summed E-state index contributed by atoms with van der Waals surface area (Å²) in [6.07, 6.45) is -3.88. The predicted octanol–water partition coefficient (Wildman–Crippen LogP) is 3.70. The van der Waals surface area contributed by atoms with E-state index in [0.717, 1.165) is 25.1 Å². The van der Waals surface area contributed by atoms with Crippen LogP contribution < -0.4 is 5.32 Å². The van der Waals surface area contributed by atoms with Crippen LogP contribution in [-0.4, -0.2) is 25.9 Å². The van der Waals surface area contributed by atoms with Gasteiger partial charge in [-0.1, -0.05) is 31.2 Å². The van der Waals surface area contributed by atoms with E-state index >= 15 is 0 Å². The molecule has 0 aliphatic rings. The zero-order chi connectivity index (χ0) is 14.8. The maximum Gasteiger partial charge on any atom is 0.389 e. The van der Waals surface area contributed by atoms with Gasteiger partial charge in [-0.2, -0.15) is 13.2 Å². The summed E-state index contributed by atoms with van der Waals surface area (Å²) in [6.45, 7) is 4.49. The van der Waals surface area contributed by atoms with Crippen LogP contribution in [0.2, 0.25) is 0 Å². The van der Waals surface area contributed by atoms with Crippen LogP contribution in [-0.2, 0) is 17.8 Å². The first-order valence-corrected chi connectivity index (χ1v) is 6.94. The lowest BCUT2D eigenvalue weighted by molar-refractivity contribution is -0.138. The van der Waals surface area contributed by atoms with E-state index < -0.39 is 12.6 Å². The van der Waals surface area contributed by atoms with Gasteiger partial charge in [0.15, 0.2) is 0 Å². The molecule has 1 N–H and O–H groups in total. The molecule has 20 heavy (non-hydrogen) atoms. The monoisotopic (exact) mass is 289 g/mol. The van der Waals surface area contributed by atoms with Crippen molar-refractivity contribution in [3.05, 3.63) is 35.4 Å². The average molecular weight is 289 g/mol. The quantitative estimate of drug-likeness (QED) is 0.700. The summed E-state index contributed by atoms with van der Waals surface area (Å²) in [5.74, 6) is 0. The molecule has 0 radical (unpaired) electrons. The SMILES string of the molecule is CCNCCc1ccc(COCCCC(F)(F)F)cc1. The Kier molecular flexibility index (Phi) is 7.62. The molecule has 0 amide bonds. The van der Waals surface area contributed by atoms with Gasteiger partial charge in [-0.25, -0.2) is 0 Å². The molecule has 0 fully saturated rings. The van der Waals surface area contributed by atoms with Crippen molar-refractivity contribution in [2.75, 3.05) is 19.7 Å². The Hall–Kier alpha value is -1.07. The molecule has 0 spiro atoms. The molecule has 0 aliphatic carbocycles.